The van der Waals surface area contributed by atoms with Gasteiger partial charge in [0.05, 0.1) is 11.4 Å². The van der Waals surface area contributed by atoms with Crippen molar-refractivity contribution in [1.29, 1.82) is 0 Å². The molecule has 318 valence electrons. The third-order valence-electron chi connectivity index (χ3n) is 11.4. The molecule has 0 aliphatic carbocycles. The van der Waals surface area contributed by atoms with Gasteiger partial charge in [-0.2, -0.15) is 35.1 Å². The molecule has 10 rings (SSSR count). The van der Waals surface area contributed by atoms with Crippen molar-refractivity contribution in [2.45, 2.75) is 23.7 Å². The van der Waals surface area contributed by atoms with Crippen LogP contribution >= 0.6 is 0 Å². The molecule has 0 fully saturated rings. The first-order valence-corrected chi connectivity index (χ1v) is 20.0. The van der Waals surface area contributed by atoms with E-state index in [-0.39, 0.29) is 23.1 Å². The first-order valence-electron chi connectivity index (χ1n) is 20.0. The second-order valence-electron chi connectivity index (χ2n) is 15.3. The van der Waals surface area contributed by atoms with Gasteiger partial charge in [-0.15, -0.1) is 0 Å². The zero-order chi connectivity index (χ0) is 44.4. The van der Waals surface area contributed by atoms with Gasteiger partial charge in [0, 0.05) is 56.2 Å². The van der Waals surface area contributed by atoms with Crippen LogP contribution in [0.25, 0.3) is 43.5 Å². The summed E-state index contributed by atoms with van der Waals surface area (Å²) in [4.78, 5) is 3.12. The highest BCUT2D eigenvalue weighted by molar-refractivity contribution is 6.00. The predicted molar refractivity (Wildman–Crippen MR) is 234 cm³/mol. The Morgan fingerprint density at radius 2 is 0.656 bits per heavy atom. The summed E-state index contributed by atoms with van der Waals surface area (Å²) in [6.07, 6.45) is 0. The second kappa shape index (κ2) is 15.0. The maximum atomic E-state index is 16.0. The molecule has 0 aliphatic heterocycles. The molecular formula is C52H32F8N2O2. The Morgan fingerprint density at radius 1 is 0.328 bits per heavy atom. The molecule has 2 heterocycles. The van der Waals surface area contributed by atoms with E-state index < -0.39 is 34.8 Å². The molecule has 0 bridgehead atoms. The average molecular weight is 869 g/mol. The highest BCUT2D eigenvalue weighted by atomic mass is 19.4. The van der Waals surface area contributed by atoms with Gasteiger partial charge in [0.25, 0.3) is 0 Å². The number of alkyl halides is 8. The van der Waals surface area contributed by atoms with Crippen molar-refractivity contribution < 1.29 is 44.0 Å². The fourth-order valence-electron chi connectivity index (χ4n) is 8.13. The number of furan rings is 2. The van der Waals surface area contributed by atoms with E-state index in [0.717, 1.165) is 45.8 Å². The Balaban J connectivity index is 0.986. The van der Waals surface area contributed by atoms with Gasteiger partial charge in [0.2, 0.25) is 11.8 Å². The summed E-state index contributed by atoms with van der Waals surface area (Å²) >= 11 is 0. The van der Waals surface area contributed by atoms with Crippen LogP contribution in [0, 0.1) is 0 Å². The summed E-state index contributed by atoms with van der Waals surface area (Å²) in [5.41, 5.74) is -0.897. The lowest BCUT2D eigenvalue weighted by atomic mass is 9.90. The standard InChI is InChI=1S/C52H32F8N2O2/c53-49(54,37-23-27-39(28-24-37)61(47-31-35-13-3-7-21-45(35)63-47)43-19-9-15-33-11-1-5-17-41(33)43)51(57,58)52(59,60)50(55,56)38-25-29-40(30-26-38)62(48-32-36-14-4-8-22-46(36)64-48)44-20-10-16-34-12-2-6-18-42(34)44/h1-32H. The van der Waals surface area contributed by atoms with Crippen LogP contribution in [0.15, 0.2) is 203 Å². The third kappa shape index (κ3) is 6.42. The Morgan fingerprint density at radius 3 is 1.03 bits per heavy atom. The van der Waals surface area contributed by atoms with Gasteiger partial charge in [-0.05, 0) is 59.3 Å². The zero-order valence-corrected chi connectivity index (χ0v) is 33.2. The SMILES string of the molecule is FC(F)(c1ccc(N(c2cc3ccccc3o2)c2cccc3ccccc23)cc1)C(F)(F)C(F)(F)C(F)(F)c1ccc(N(c2cc3ccccc3o2)c2cccc3ccccc23)cc1. The van der Waals surface area contributed by atoms with E-state index in [1.54, 1.807) is 107 Å². The Bertz CT molecular complexity index is 3030. The van der Waals surface area contributed by atoms with Gasteiger partial charge in [0.15, 0.2) is 0 Å². The highest BCUT2D eigenvalue weighted by Crippen LogP contribution is 2.59. The van der Waals surface area contributed by atoms with E-state index >= 15 is 35.1 Å². The van der Waals surface area contributed by atoms with Crippen molar-refractivity contribution >= 4 is 78.0 Å². The highest BCUT2D eigenvalue weighted by Gasteiger charge is 2.81. The van der Waals surface area contributed by atoms with Crippen molar-refractivity contribution in [2.75, 3.05) is 9.80 Å². The predicted octanol–water partition coefficient (Wildman–Crippen LogP) is 16.6. The van der Waals surface area contributed by atoms with E-state index in [1.165, 1.54) is 0 Å². The smallest absolute Gasteiger partial charge is 0.382 e. The largest absolute Gasteiger partial charge is 0.440 e. The molecule has 0 N–H and O–H groups in total. The molecule has 8 aromatic carbocycles. The summed E-state index contributed by atoms with van der Waals surface area (Å²) in [6.45, 7) is 0. The van der Waals surface area contributed by atoms with Gasteiger partial charge in [0.1, 0.15) is 11.2 Å². The summed E-state index contributed by atoms with van der Waals surface area (Å²) in [7, 11) is 0. The van der Waals surface area contributed by atoms with Crippen molar-refractivity contribution in [3.8, 4) is 0 Å². The van der Waals surface area contributed by atoms with Crippen LogP contribution < -0.4 is 9.80 Å². The molecule has 0 radical (unpaired) electrons. The number of hydrogen-bond acceptors (Lipinski definition) is 4. The fraction of sp³-hybridized carbons (Fsp3) is 0.0769. The van der Waals surface area contributed by atoms with Gasteiger partial charge in [-0.3, -0.25) is 9.80 Å². The van der Waals surface area contributed by atoms with Crippen molar-refractivity contribution in [1.82, 2.24) is 0 Å². The minimum absolute atomic E-state index is 0.135. The lowest BCUT2D eigenvalue weighted by Crippen LogP contribution is -2.59. The molecule has 0 atom stereocenters. The number of benzene rings is 8. The van der Waals surface area contributed by atoms with Gasteiger partial charge >= 0.3 is 23.7 Å². The molecule has 0 saturated carbocycles. The molecule has 12 heteroatoms. The third-order valence-corrected chi connectivity index (χ3v) is 11.4. The molecule has 0 amide bonds. The van der Waals surface area contributed by atoms with Crippen LogP contribution in [0.3, 0.4) is 0 Å². The molecule has 0 aliphatic rings. The first-order chi connectivity index (χ1) is 30.8. The molecule has 0 spiro atoms. The van der Waals surface area contributed by atoms with Crippen LogP contribution in [0.1, 0.15) is 11.1 Å². The summed E-state index contributed by atoms with van der Waals surface area (Å²) < 4.78 is 139. The number of fused-ring (bicyclic) bond motifs is 4. The number of para-hydroxylation sites is 2. The van der Waals surface area contributed by atoms with E-state index in [0.29, 0.717) is 57.6 Å². The van der Waals surface area contributed by atoms with E-state index in [9.17, 15) is 0 Å². The molecule has 4 nitrogen and oxygen atoms in total. The lowest BCUT2D eigenvalue weighted by Gasteiger charge is -2.37. The number of hydrogen-bond donors (Lipinski definition) is 0. The maximum absolute atomic E-state index is 16.0. The fourth-order valence-corrected chi connectivity index (χ4v) is 8.13. The van der Waals surface area contributed by atoms with Crippen molar-refractivity contribution in [3.05, 3.63) is 205 Å². The van der Waals surface area contributed by atoms with Crippen LogP contribution in [-0.2, 0) is 11.8 Å². The van der Waals surface area contributed by atoms with Gasteiger partial charge < -0.3 is 8.83 Å². The van der Waals surface area contributed by atoms with Crippen LogP contribution in [0.5, 0.6) is 0 Å². The normalized spacial score (nSPS) is 12.7. The summed E-state index contributed by atoms with van der Waals surface area (Å²) in [6, 6.07) is 49.0. The number of rotatable bonds is 11. The minimum atomic E-state index is -6.60. The number of halogens is 8. The maximum Gasteiger partial charge on any atom is 0.382 e. The summed E-state index contributed by atoms with van der Waals surface area (Å²) in [5, 5.41) is 4.48. The van der Waals surface area contributed by atoms with Crippen LogP contribution in [0.4, 0.5) is 69.6 Å². The van der Waals surface area contributed by atoms with Crippen molar-refractivity contribution in [3.63, 3.8) is 0 Å². The second-order valence-corrected chi connectivity index (χ2v) is 15.3. The molecule has 0 saturated heterocycles. The molecule has 10 aromatic rings. The van der Waals surface area contributed by atoms with Gasteiger partial charge in [-0.1, -0.05) is 133 Å². The molecule has 64 heavy (non-hydrogen) atoms. The minimum Gasteiger partial charge on any atom is -0.440 e. The Labute approximate surface area is 359 Å². The average Bonchev–Trinajstić information content (AvgIpc) is 3.94. The Kier molecular flexibility index (Phi) is 9.51. The van der Waals surface area contributed by atoms with Gasteiger partial charge in [-0.25, -0.2) is 0 Å². The first kappa shape index (κ1) is 40.5. The molecular weight excluding hydrogens is 837 g/mol. The number of nitrogens with zero attached hydrogens (tertiary/aromatic N) is 2. The lowest BCUT2D eigenvalue weighted by molar-refractivity contribution is -0.374. The summed E-state index contributed by atoms with van der Waals surface area (Å²) in [5.74, 6) is -24.3. The Hall–Kier alpha value is -7.60. The number of anilines is 6. The van der Waals surface area contributed by atoms with E-state index in [2.05, 4.69) is 0 Å². The topological polar surface area (TPSA) is 32.8 Å². The van der Waals surface area contributed by atoms with Crippen LogP contribution in [-0.4, -0.2) is 11.8 Å². The monoisotopic (exact) mass is 868 g/mol. The zero-order valence-electron chi connectivity index (χ0n) is 33.2. The molecule has 2 aromatic heterocycles. The van der Waals surface area contributed by atoms with E-state index in [4.69, 9.17) is 8.83 Å². The van der Waals surface area contributed by atoms with Crippen molar-refractivity contribution in [2.24, 2.45) is 0 Å². The van der Waals surface area contributed by atoms with Crippen LogP contribution in [0.2, 0.25) is 0 Å². The van der Waals surface area contributed by atoms with E-state index in [1.807, 2.05) is 48.5 Å². The quantitative estimate of drug-likeness (QED) is 0.121. The molecule has 0 unspecified atom stereocenters.